The van der Waals surface area contributed by atoms with E-state index in [4.69, 9.17) is 9.47 Å². The number of nitrogens with zero attached hydrogens (tertiary/aromatic N) is 1. The largest absolute Gasteiger partial charge is 0.454 e. The summed E-state index contributed by atoms with van der Waals surface area (Å²) < 4.78 is 10.8. The Labute approximate surface area is 189 Å². The van der Waals surface area contributed by atoms with Crippen LogP contribution in [0.15, 0.2) is 42.5 Å². The summed E-state index contributed by atoms with van der Waals surface area (Å²) in [5.74, 6) is 1.36. The predicted octanol–water partition coefficient (Wildman–Crippen LogP) is 4.13. The van der Waals surface area contributed by atoms with Crippen molar-refractivity contribution in [1.82, 2.24) is 10.2 Å². The SMILES string of the molecule is Cc1cccc(CN(C(=O)CCc2ccc3c(c2)OCO3)C(C)C(=O)NC2CCCC2)c1. The highest BCUT2D eigenvalue weighted by molar-refractivity contribution is 5.87. The Balaban J connectivity index is 1.45. The highest BCUT2D eigenvalue weighted by Crippen LogP contribution is 2.32. The van der Waals surface area contributed by atoms with E-state index in [2.05, 4.69) is 11.4 Å². The minimum atomic E-state index is -0.527. The zero-order valence-corrected chi connectivity index (χ0v) is 18.9. The Morgan fingerprint density at radius 2 is 1.84 bits per heavy atom. The van der Waals surface area contributed by atoms with Gasteiger partial charge in [-0.2, -0.15) is 0 Å². The number of benzene rings is 2. The van der Waals surface area contributed by atoms with Gasteiger partial charge in [0.25, 0.3) is 0 Å². The molecule has 170 valence electrons. The number of rotatable bonds is 8. The second-order valence-electron chi connectivity index (χ2n) is 8.86. The van der Waals surface area contributed by atoms with E-state index in [1.54, 1.807) is 4.90 Å². The lowest BCUT2D eigenvalue weighted by Crippen LogP contribution is -2.49. The van der Waals surface area contributed by atoms with Crippen LogP contribution in [0.4, 0.5) is 0 Å². The standard InChI is InChI=1S/C26H32N2O4/c1-18-6-5-7-21(14-18)16-28(19(2)26(30)27-22-8-3-4-9-22)25(29)13-11-20-10-12-23-24(15-20)32-17-31-23/h5-7,10,12,14-15,19,22H,3-4,8-9,11,13,16-17H2,1-2H3,(H,27,30). The van der Waals surface area contributed by atoms with E-state index in [1.165, 1.54) is 0 Å². The van der Waals surface area contributed by atoms with E-state index in [0.717, 1.165) is 53.9 Å². The zero-order valence-electron chi connectivity index (χ0n) is 18.9. The fourth-order valence-electron chi connectivity index (χ4n) is 4.47. The average molecular weight is 437 g/mol. The third-order valence-corrected chi connectivity index (χ3v) is 6.37. The molecule has 1 fully saturated rings. The summed E-state index contributed by atoms with van der Waals surface area (Å²) in [6.07, 6.45) is 5.26. The molecule has 0 aromatic heterocycles. The van der Waals surface area contributed by atoms with Gasteiger partial charge in [-0.15, -0.1) is 0 Å². The Bertz CT molecular complexity index is 968. The second-order valence-corrected chi connectivity index (χ2v) is 8.86. The van der Waals surface area contributed by atoms with Crippen LogP contribution in [0.5, 0.6) is 11.5 Å². The van der Waals surface area contributed by atoms with Gasteiger partial charge in [-0.1, -0.05) is 48.7 Å². The van der Waals surface area contributed by atoms with Crippen LogP contribution >= 0.6 is 0 Å². The first-order chi connectivity index (χ1) is 15.5. The van der Waals surface area contributed by atoms with Crippen LogP contribution < -0.4 is 14.8 Å². The average Bonchev–Trinajstić information content (AvgIpc) is 3.47. The second kappa shape index (κ2) is 10.1. The number of ether oxygens (including phenoxy) is 2. The van der Waals surface area contributed by atoms with E-state index >= 15 is 0 Å². The summed E-state index contributed by atoms with van der Waals surface area (Å²) in [7, 11) is 0. The molecule has 1 aliphatic heterocycles. The van der Waals surface area contributed by atoms with Gasteiger partial charge in [0, 0.05) is 19.0 Å². The number of amides is 2. The number of carbonyl (C=O) groups is 2. The molecular weight excluding hydrogens is 404 g/mol. The van der Waals surface area contributed by atoms with Crippen molar-refractivity contribution in [2.24, 2.45) is 0 Å². The summed E-state index contributed by atoms with van der Waals surface area (Å²) in [5, 5.41) is 3.15. The van der Waals surface area contributed by atoms with Gasteiger partial charge in [0.05, 0.1) is 0 Å². The highest BCUT2D eigenvalue weighted by atomic mass is 16.7. The molecule has 2 aromatic rings. The Kier molecular flexibility index (Phi) is 6.98. The molecular formula is C26H32N2O4. The van der Waals surface area contributed by atoms with E-state index < -0.39 is 6.04 Å². The number of fused-ring (bicyclic) bond motifs is 1. The quantitative estimate of drug-likeness (QED) is 0.676. The van der Waals surface area contributed by atoms with Gasteiger partial charge < -0.3 is 19.7 Å². The third-order valence-electron chi connectivity index (χ3n) is 6.37. The molecule has 2 amide bonds. The topological polar surface area (TPSA) is 67.9 Å². The first kappa shape index (κ1) is 22.2. The van der Waals surface area contributed by atoms with Gasteiger partial charge in [0.2, 0.25) is 18.6 Å². The van der Waals surface area contributed by atoms with Crippen molar-refractivity contribution in [1.29, 1.82) is 0 Å². The molecule has 2 aromatic carbocycles. The molecule has 0 spiro atoms. The summed E-state index contributed by atoms with van der Waals surface area (Å²) in [6.45, 7) is 4.51. The van der Waals surface area contributed by atoms with Crippen molar-refractivity contribution < 1.29 is 19.1 Å². The maximum absolute atomic E-state index is 13.3. The third kappa shape index (κ3) is 5.42. The van der Waals surface area contributed by atoms with Crippen LogP contribution in [-0.2, 0) is 22.6 Å². The number of hydrogen-bond acceptors (Lipinski definition) is 4. The monoisotopic (exact) mass is 436 g/mol. The maximum Gasteiger partial charge on any atom is 0.242 e. The molecule has 0 radical (unpaired) electrons. The van der Waals surface area contributed by atoms with Crippen LogP contribution in [-0.4, -0.2) is 35.6 Å². The maximum atomic E-state index is 13.3. The van der Waals surface area contributed by atoms with Gasteiger partial charge in [0.1, 0.15) is 6.04 Å². The number of carbonyl (C=O) groups excluding carboxylic acids is 2. The van der Waals surface area contributed by atoms with Crippen molar-refractivity contribution in [2.45, 2.75) is 71.0 Å². The summed E-state index contributed by atoms with van der Waals surface area (Å²) in [6, 6.07) is 13.6. The molecule has 6 heteroatoms. The van der Waals surface area contributed by atoms with Crippen molar-refractivity contribution in [2.75, 3.05) is 6.79 Å². The number of hydrogen-bond donors (Lipinski definition) is 1. The fourth-order valence-corrected chi connectivity index (χ4v) is 4.47. The molecule has 1 saturated carbocycles. The van der Waals surface area contributed by atoms with Crippen molar-refractivity contribution >= 4 is 11.8 Å². The molecule has 1 unspecified atom stereocenters. The highest BCUT2D eigenvalue weighted by Gasteiger charge is 2.28. The molecule has 4 rings (SSSR count). The molecule has 1 atom stereocenters. The van der Waals surface area contributed by atoms with E-state index in [0.29, 0.717) is 19.4 Å². The Hall–Kier alpha value is -3.02. The first-order valence-electron chi connectivity index (χ1n) is 11.5. The van der Waals surface area contributed by atoms with Crippen LogP contribution in [0, 0.1) is 6.92 Å². The van der Waals surface area contributed by atoms with Crippen molar-refractivity contribution in [3.05, 3.63) is 59.2 Å². The lowest BCUT2D eigenvalue weighted by atomic mass is 10.1. The van der Waals surface area contributed by atoms with Crippen molar-refractivity contribution in [3.8, 4) is 11.5 Å². The molecule has 1 heterocycles. The normalized spacial score (nSPS) is 16.1. The van der Waals surface area contributed by atoms with Gasteiger partial charge in [-0.25, -0.2) is 0 Å². The van der Waals surface area contributed by atoms with Gasteiger partial charge in [-0.3, -0.25) is 9.59 Å². The Morgan fingerprint density at radius 1 is 1.06 bits per heavy atom. The fraction of sp³-hybridized carbons (Fsp3) is 0.462. The Morgan fingerprint density at radius 3 is 2.62 bits per heavy atom. The smallest absolute Gasteiger partial charge is 0.242 e. The summed E-state index contributed by atoms with van der Waals surface area (Å²) >= 11 is 0. The van der Waals surface area contributed by atoms with Crippen LogP contribution in [0.3, 0.4) is 0 Å². The van der Waals surface area contributed by atoms with Gasteiger partial charge in [-0.05, 0) is 56.4 Å². The lowest BCUT2D eigenvalue weighted by Gasteiger charge is -2.30. The van der Waals surface area contributed by atoms with Crippen LogP contribution in [0.25, 0.3) is 0 Å². The summed E-state index contributed by atoms with van der Waals surface area (Å²) in [5.41, 5.74) is 3.18. The van der Waals surface area contributed by atoms with E-state index in [1.807, 2.05) is 50.2 Å². The summed E-state index contributed by atoms with van der Waals surface area (Å²) in [4.78, 5) is 28.0. The number of aryl methyl sites for hydroxylation is 2. The van der Waals surface area contributed by atoms with Gasteiger partial charge >= 0.3 is 0 Å². The zero-order chi connectivity index (χ0) is 22.5. The van der Waals surface area contributed by atoms with Gasteiger partial charge in [0.15, 0.2) is 11.5 Å². The van der Waals surface area contributed by atoms with Crippen LogP contribution in [0.1, 0.15) is 55.7 Å². The predicted molar refractivity (Wildman–Crippen MR) is 122 cm³/mol. The molecule has 2 aliphatic rings. The van der Waals surface area contributed by atoms with E-state index in [9.17, 15) is 9.59 Å². The molecule has 32 heavy (non-hydrogen) atoms. The van der Waals surface area contributed by atoms with E-state index in [-0.39, 0.29) is 24.6 Å². The minimum Gasteiger partial charge on any atom is -0.454 e. The minimum absolute atomic E-state index is 0.0294. The molecule has 1 aliphatic carbocycles. The molecule has 6 nitrogen and oxygen atoms in total. The molecule has 1 N–H and O–H groups in total. The van der Waals surface area contributed by atoms with Crippen molar-refractivity contribution in [3.63, 3.8) is 0 Å². The van der Waals surface area contributed by atoms with Crippen LogP contribution in [0.2, 0.25) is 0 Å². The molecule has 0 saturated heterocycles. The first-order valence-corrected chi connectivity index (χ1v) is 11.5. The molecule has 0 bridgehead atoms. The lowest BCUT2D eigenvalue weighted by molar-refractivity contribution is -0.140. The number of nitrogens with one attached hydrogen (secondary N) is 1.